The van der Waals surface area contributed by atoms with Crippen molar-refractivity contribution in [2.45, 2.75) is 13.5 Å². The van der Waals surface area contributed by atoms with Gasteiger partial charge in [-0.15, -0.1) is 0 Å². The maximum Gasteiger partial charge on any atom is 0.170 e. The number of aryl methyl sites for hydroxylation is 1. The molecular weight excluding hydrogens is 368 g/mol. The lowest BCUT2D eigenvalue weighted by molar-refractivity contribution is 0.787. The number of benzene rings is 2. The van der Waals surface area contributed by atoms with Gasteiger partial charge in [0, 0.05) is 29.3 Å². The summed E-state index contributed by atoms with van der Waals surface area (Å²) >= 11 is 6.70. The van der Waals surface area contributed by atoms with Crippen LogP contribution >= 0.6 is 11.6 Å². The Morgan fingerprint density at radius 2 is 1.64 bits per heavy atom. The van der Waals surface area contributed by atoms with Crippen LogP contribution < -0.4 is 0 Å². The highest BCUT2D eigenvalue weighted by molar-refractivity contribution is 6.38. The molecule has 0 aliphatic rings. The van der Waals surface area contributed by atoms with Crippen LogP contribution in [0.25, 0.3) is 11.0 Å². The van der Waals surface area contributed by atoms with Crippen molar-refractivity contribution in [3.8, 4) is 6.07 Å². The van der Waals surface area contributed by atoms with E-state index < -0.39 is 0 Å². The predicted molar refractivity (Wildman–Crippen MR) is 113 cm³/mol. The zero-order chi connectivity index (χ0) is 19.5. The number of aliphatic imine (C=N–C) groups is 1. The van der Waals surface area contributed by atoms with E-state index in [4.69, 9.17) is 16.6 Å². The van der Waals surface area contributed by atoms with Crippen LogP contribution in [0.3, 0.4) is 0 Å². The molecule has 2 aromatic heterocycles. The van der Waals surface area contributed by atoms with Gasteiger partial charge >= 0.3 is 0 Å². The average Bonchev–Trinajstić information content (AvgIpc) is 3.17. The van der Waals surface area contributed by atoms with Gasteiger partial charge in [-0.05, 0) is 13.0 Å². The molecule has 0 saturated heterocycles. The Morgan fingerprint density at radius 1 is 1.04 bits per heavy atom. The van der Waals surface area contributed by atoms with Crippen LogP contribution in [0, 0.1) is 11.3 Å². The van der Waals surface area contributed by atoms with Gasteiger partial charge in [-0.3, -0.25) is 0 Å². The topological polar surface area (TPSA) is 54.0 Å². The van der Waals surface area contributed by atoms with Crippen molar-refractivity contribution in [1.82, 2.24) is 9.55 Å². The number of nitriles is 1. The summed E-state index contributed by atoms with van der Waals surface area (Å²) < 4.78 is 1.96. The lowest BCUT2D eigenvalue weighted by atomic mass is 10.0. The van der Waals surface area contributed by atoms with Gasteiger partial charge < -0.3 is 4.57 Å². The largest absolute Gasteiger partial charge is 0.333 e. The van der Waals surface area contributed by atoms with Crippen LogP contribution in [0.15, 0.2) is 77.9 Å². The summed E-state index contributed by atoms with van der Waals surface area (Å²) in [6.45, 7) is 2.77. The average molecular weight is 385 g/mol. The summed E-state index contributed by atoms with van der Waals surface area (Å²) in [5.74, 6) is 0. The number of rotatable bonds is 4. The molecule has 0 spiro atoms. The fourth-order valence-corrected chi connectivity index (χ4v) is 3.46. The molecule has 0 saturated carbocycles. The molecule has 4 nitrogen and oxygen atoms in total. The highest BCUT2D eigenvalue weighted by Crippen LogP contribution is 2.36. The summed E-state index contributed by atoms with van der Waals surface area (Å²) in [5, 5.41) is 10.9. The van der Waals surface area contributed by atoms with Crippen molar-refractivity contribution < 1.29 is 0 Å². The maximum absolute atomic E-state index is 9.71. The maximum atomic E-state index is 9.71. The van der Waals surface area contributed by atoms with Gasteiger partial charge in [0.25, 0.3) is 0 Å². The second-order valence-electron chi connectivity index (χ2n) is 6.27. The number of fused-ring (bicyclic) bond motifs is 1. The van der Waals surface area contributed by atoms with Crippen LogP contribution in [-0.4, -0.2) is 15.3 Å². The van der Waals surface area contributed by atoms with Crippen molar-refractivity contribution in [3.63, 3.8) is 0 Å². The molecule has 0 fully saturated rings. The predicted octanol–water partition coefficient (Wildman–Crippen LogP) is 5.75. The summed E-state index contributed by atoms with van der Waals surface area (Å²) in [7, 11) is 0. The number of halogens is 1. The van der Waals surface area contributed by atoms with E-state index in [-0.39, 0.29) is 5.69 Å². The zero-order valence-corrected chi connectivity index (χ0v) is 16.1. The first-order valence-corrected chi connectivity index (χ1v) is 9.38. The Bertz CT molecular complexity index is 1160. The molecule has 0 radical (unpaired) electrons. The molecular formula is C23H17ClN4. The minimum absolute atomic E-state index is 0.218. The van der Waals surface area contributed by atoms with Crippen molar-refractivity contribution in [3.05, 3.63) is 94.8 Å². The molecule has 0 aliphatic carbocycles. The van der Waals surface area contributed by atoms with Gasteiger partial charge in [0.1, 0.15) is 17.4 Å². The third kappa shape index (κ3) is 3.17. The number of nitrogens with zero attached hydrogens (tertiary/aromatic N) is 4. The van der Waals surface area contributed by atoms with E-state index in [0.29, 0.717) is 16.4 Å². The lowest BCUT2D eigenvalue weighted by Crippen LogP contribution is -2.03. The summed E-state index contributed by atoms with van der Waals surface area (Å²) in [6.07, 6.45) is 1.92. The van der Waals surface area contributed by atoms with Gasteiger partial charge in [-0.25, -0.2) is 9.98 Å². The molecule has 0 atom stereocenters. The monoisotopic (exact) mass is 384 g/mol. The Balaban J connectivity index is 2.00. The highest BCUT2D eigenvalue weighted by atomic mass is 35.5. The molecule has 4 rings (SSSR count). The number of hydrogen-bond acceptors (Lipinski definition) is 3. The molecule has 5 heteroatoms. The minimum Gasteiger partial charge on any atom is -0.333 e. The Morgan fingerprint density at radius 3 is 2.18 bits per heavy atom. The smallest absolute Gasteiger partial charge is 0.170 e. The fraction of sp³-hybridized carbons (Fsp3) is 0.0870. The van der Waals surface area contributed by atoms with E-state index in [1.54, 1.807) is 0 Å². The SMILES string of the molecule is CCn1ccc2c(Cl)c(N=C(c3ccccc3)c3ccccc3)c(C#N)nc21. The molecule has 136 valence electrons. The zero-order valence-electron chi connectivity index (χ0n) is 15.3. The third-order valence-corrected chi connectivity index (χ3v) is 4.97. The molecule has 0 aliphatic heterocycles. The second kappa shape index (κ2) is 7.67. The standard InChI is InChI=1S/C23H17ClN4/c1-2-28-14-13-18-20(24)22(19(15-25)26-23(18)28)27-21(16-9-5-3-6-10-16)17-11-7-4-8-12-17/h3-14H,2H2,1H3. The van der Waals surface area contributed by atoms with E-state index >= 15 is 0 Å². The molecule has 0 amide bonds. The first kappa shape index (κ1) is 18.0. The Labute approximate surface area is 168 Å². The molecule has 28 heavy (non-hydrogen) atoms. The number of aromatic nitrogens is 2. The van der Waals surface area contributed by atoms with Crippen LogP contribution in [-0.2, 0) is 6.54 Å². The van der Waals surface area contributed by atoms with Gasteiger partial charge in [0.15, 0.2) is 5.69 Å². The van der Waals surface area contributed by atoms with E-state index in [2.05, 4.69) is 11.1 Å². The highest BCUT2D eigenvalue weighted by Gasteiger charge is 2.17. The number of hydrogen-bond donors (Lipinski definition) is 0. The van der Waals surface area contributed by atoms with Crippen molar-refractivity contribution in [1.29, 1.82) is 5.26 Å². The molecule has 2 heterocycles. The van der Waals surface area contributed by atoms with Gasteiger partial charge in [-0.1, -0.05) is 72.3 Å². The molecule has 4 aromatic rings. The van der Waals surface area contributed by atoms with E-state index in [9.17, 15) is 5.26 Å². The first-order chi connectivity index (χ1) is 13.7. The number of pyridine rings is 1. The minimum atomic E-state index is 0.218. The summed E-state index contributed by atoms with van der Waals surface area (Å²) in [6, 6.07) is 23.8. The second-order valence-corrected chi connectivity index (χ2v) is 6.64. The summed E-state index contributed by atoms with van der Waals surface area (Å²) in [4.78, 5) is 9.38. The van der Waals surface area contributed by atoms with Crippen LogP contribution in [0.5, 0.6) is 0 Å². The Kier molecular flexibility index (Phi) is 4.92. The van der Waals surface area contributed by atoms with Gasteiger partial charge in [0.2, 0.25) is 0 Å². The van der Waals surface area contributed by atoms with E-state index in [1.165, 1.54) is 0 Å². The van der Waals surface area contributed by atoms with E-state index in [0.717, 1.165) is 28.8 Å². The lowest BCUT2D eigenvalue weighted by Gasteiger charge is -2.10. The first-order valence-electron chi connectivity index (χ1n) is 9.01. The molecule has 2 aromatic carbocycles. The fourth-order valence-electron chi connectivity index (χ4n) is 3.19. The van der Waals surface area contributed by atoms with Crippen LogP contribution in [0.4, 0.5) is 5.69 Å². The van der Waals surface area contributed by atoms with Gasteiger partial charge in [0.05, 0.1) is 10.7 Å². The van der Waals surface area contributed by atoms with E-state index in [1.807, 2.05) is 84.4 Å². The molecule has 0 bridgehead atoms. The van der Waals surface area contributed by atoms with Crippen molar-refractivity contribution in [2.75, 3.05) is 0 Å². The Hall–Kier alpha value is -3.42. The van der Waals surface area contributed by atoms with Crippen molar-refractivity contribution in [2.24, 2.45) is 4.99 Å². The van der Waals surface area contributed by atoms with Crippen LogP contribution in [0.2, 0.25) is 5.02 Å². The third-order valence-electron chi connectivity index (χ3n) is 4.59. The summed E-state index contributed by atoms with van der Waals surface area (Å²) in [5.41, 5.74) is 3.95. The van der Waals surface area contributed by atoms with Crippen molar-refractivity contribution >= 4 is 34.0 Å². The van der Waals surface area contributed by atoms with Crippen LogP contribution in [0.1, 0.15) is 23.7 Å². The quantitative estimate of drug-likeness (QED) is 0.420. The normalized spacial score (nSPS) is 10.6. The molecule has 0 N–H and O–H groups in total. The molecule has 0 unspecified atom stereocenters. The van der Waals surface area contributed by atoms with Gasteiger partial charge in [-0.2, -0.15) is 5.26 Å².